The summed E-state index contributed by atoms with van der Waals surface area (Å²) in [5, 5.41) is 5.03. The zero-order valence-corrected chi connectivity index (χ0v) is 16.1. The van der Waals surface area contributed by atoms with Gasteiger partial charge < -0.3 is 10.6 Å². The summed E-state index contributed by atoms with van der Waals surface area (Å²) in [5.41, 5.74) is 0.402. The Balaban J connectivity index is 1.82. The lowest BCUT2D eigenvalue weighted by Gasteiger charge is -2.09. The zero-order valence-electron chi connectivity index (χ0n) is 15.3. The predicted molar refractivity (Wildman–Crippen MR) is 104 cm³/mol. The summed E-state index contributed by atoms with van der Waals surface area (Å²) in [4.78, 5) is 36.4. The fourth-order valence-corrected chi connectivity index (χ4v) is 3.32. The molecule has 1 aromatic carbocycles. The van der Waals surface area contributed by atoms with Crippen LogP contribution in [0.2, 0.25) is 0 Å². The number of pyridine rings is 1. The molecule has 0 bridgehead atoms. The molecule has 2 rings (SSSR count). The molecular weight excluding hydrogens is 362 g/mol. The highest BCUT2D eigenvalue weighted by molar-refractivity contribution is 8.13. The van der Waals surface area contributed by atoms with E-state index < -0.39 is 0 Å². The molecule has 0 saturated carbocycles. The van der Waals surface area contributed by atoms with Gasteiger partial charge in [-0.15, -0.1) is 0 Å². The fraction of sp³-hybridized carbons (Fsp3) is 0.300. The number of unbranched alkanes of at least 4 members (excludes halogenated alkanes) is 1. The molecule has 7 heteroatoms. The summed E-state index contributed by atoms with van der Waals surface area (Å²) in [6, 6.07) is 12.9. The van der Waals surface area contributed by atoms with Crippen LogP contribution in [0.5, 0.6) is 0 Å². The Morgan fingerprint density at radius 1 is 1.00 bits per heavy atom. The summed E-state index contributed by atoms with van der Waals surface area (Å²) in [5.74, 6) is -0.643. The van der Waals surface area contributed by atoms with Crippen LogP contribution in [0, 0.1) is 0 Å². The average Bonchev–Trinajstić information content (AvgIpc) is 2.70. The van der Waals surface area contributed by atoms with Crippen LogP contribution in [0.15, 0.2) is 59.8 Å². The van der Waals surface area contributed by atoms with E-state index in [4.69, 9.17) is 0 Å². The van der Waals surface area contributed by atoms with E-state index in [1.54, 1.807) is 24.3 Å². The van der Waals surface area contributed by atoms with E-state index in [1.807, 2.05) is 30.6 Å². The lowest BCUT2D eigenvalue weighted by atomic mass is 10.2. The molecule has 0 aliphatic heterocycles. The molecule has 0 radical (unpaired) electrons. The molecule has 2 N–H and O–H groups in total. The number of amides is 2. The average molecular weight is 386 g/mol. The van der Waals surface area contributed by atoms with Crippen molar-refractivity contribution in [3.8, 4) is 0 Å². The van der Waals surface area contributed by atoms with Crippen molar-refractivity contribution in [1.29, 1.82) is 0 Å². The van der Waals surface area contributed by atoms with Crippen LogP contribution in [0.1, 0.15) is 29.6 Å². The molecule has 6 nitrogen and oxygen atoms in total. The minimum atomic E-state index is -0.366. The normalized spacial score (nSPS) is 10.3. The van der Waals surface area contributed by atoms with E-state index >= 15 is 0 Å². The van der Waals surface area contributed by atoms with Crippen molar-refractivity contribution < 1.29 is 19.0 Å². The molecule has 27 heavy (non-hydrogen) atoms. The molecule has 0 fully saturated rings. The first-order valence-corrected chi connectivity index (χ1v) is 9.64. The van der Waals surface area contributed by atoms with Gasteiger partial charge in [0, 0.05) is 36.9 Å². The Kier molecular flexibility index (Phi) is 8.51. The maximum Gasteiger partial charge on any atom is 0.252 e. The minimum Gasteiger partial charge on any atom is -0.358 e. The van der Waals surface area contributed by atoms with Crippen molar-refractivity contribution in [3.63, 3.8) is 0 Å². The molecule has 0 unspecified atom stereocenters. The third-order valence-electron chi connectivity index (χ3n) is 3.87. The smallest absolute Gasteiger partial charge is 0.252 e. The molecule has 0 spiro atoms. The highest BCUT2D eigenvalue weighted by Crippen LogP contribution is 2.25. The summed E-state index contributed by atoms with van der Waals surface area (Å²) < 4.78 is 2.09. The van der Waals surface area contributed by atoms with Crippen molar-refractivity contribution in [2.45, 2.75) is 30.7 Å². The lowest BCUT2D eigenvalue weighted by molar-refractivity contribution is -0.697. The third kappa shape index (κ3) is 7.22. The zero-order chi connectivity index (χ0) is 19.5. The minimum absolute atomic E-state index is 0.0274. The largest absolute Gasteiger partial charge is 0.358 e. The van der Waals surface area contributed by atoms with E-state index in [-0.39, 0.29) is 23.5 Å². The van der Waals surface area contributed by atoms with E-state index in [1.165, 1.54) is 7.05 Å². The molecule has 0 aliphatic carbocycles. The predicted octanol–water partition coefficient (Wildman–Crippen LogP) is 1.94. The monoisotopic (exact) mass is 386 g/mol. The molecule has 1 heterocycles. The van der Waals surface area contributed by atoms with Gasteiger partial charge in [0.05, 0.1) is 12.1 Å². The van der Waals surface area contributed by atoms with Gasteiger partial charge in [0.15, 0.2) is 17.5 Å². The van der Waals surface area contributed by atoms with Crippen LogP contribution in [-0.2, 0) is 16.1 Å². The van der Waals surface area contributed by atoms with Gasteiger partial charge in [-0.3, -0.25) is 14.4 Å². The second-order valence-corrected chi connectivity index (χ2v) is 7.00. The van der Waals surface area contributed by atoms with Crippen LogP contribution in [0.4, 0.5) is 0 Å². The van der Waals surface area contributed by atoms with Gasteiger partial charge in [-0.25, -0.2) is 4.57 Å². The first-order chi connectivity index (χ1) is 13.1. The van der Waals surface area contributed by atoms with E-state index in [2.05, 4.69) is 15.2 Å². The first kappa shape index (κ1) is 20.6. The van der Waals surface area contributed by atoms with Gasteiger partial charge in [0.2, 0.25) is 5.91 Å². The van der Waals surface area contributed by atoms with Crippen molar-refractivity contribution >= 4 is 28.7 Å². The molecule has 2 amide bonds. The topological polar surface area (TPSA) is 79.2 Å². The number of aryl methyl sites for hydroxylation is 1. The molecule has 0 saturated heterocycles. The van der Waals surface area contributed by atoms with Gasteiger partial charge in [0.1, 0.15) is 6.54 Å². The molecule has 1 aromatic heterocycles. The van der Waals surface area contributed by atoms with Crippen LogP contribution in [0.3, 0.4) is 0 Å². The standard InChI is InChI=1S/C20H23N3O3S/c1-21-18(24)15-22-20(26)16-9-3-4-10-17(16)27-19(25)11-5-8-14-23-12-6-2-7-13-23/h2-4,6-7,9-10,12-13H,5,8,11,14-15H2,1H3,(H-,21,22,24,26)/p+1. The Bertz CT molecular complexity index is 781. The maximum atomic E-state index is 12.3. The summed E-state index contributed by atoms with van der Waals surface area (Å²) in [7, 11) is 1.51. The second kappa shape index (κ2) is 11.1. The quantitative estimate of drug-likeness (QED) is 0.392. The van der Waals surface area contributed by atoms with E-state index in [0.29, 0.717) is 16.9 Å². The summed E-state index contributed by atoms with van der Waals surface area (Å²) >= 11 is 1.08. The number of hydrogen-bond acceptors (Lipinski definition) is 4. The number of likely N-dealkylation sites (N-methyl/N-ethyl adjacent to an activating group) is 1. The number of hydrogen-bond donors (Lipinski definition) is 2. The first-order valence-electron chi connectivity index (χ1n) is 8.82. The van der Waals surface area contributed by atoms with Gasteiger partial charge in [-0.05, 0) is 18.6 Å². The number of benzene rings is 1. The number of carbonyl (C=O) groups excluding carboxylic acids is 3. The molecule has 142 valence electrons. The van der Waals surface area contributed by atoms with Crippen molar-refractivity contribution in [3.05, 3.63) is 60.4 Å². The van der Waals surface area contributed by atoms with Crippen LogP contribution in [-0.4, -0.2) is 30.5 Å². The molecule has 2 aromatic rings. The highest BCUT2D eigenvalue weighted by Gasteiger charge is 2.15. The molecule has 0 atom stereocenters. The van der Waals surface area contributed by atoms with Crippen LogP contribution in [0.25, 0.3) is 0 Å². The van der Waals surface area contributed by atoms with Gasteiger partial charge in [0.25, 0.3) is 5.91 Å². The SMILES string of the molecule is CNC(=O)CNC(=O)c1ccccc1SC(=O)CCCC[n+]1ccccc1. The molecular formula is C20H24N3O3S+. The van der Waals surface area contributed by atoms with Gasteiger partial charge in [-0.1, -0.05) is 30.0 Å². The number of aromatic nitrogens is 1. The summed E-state index contributed by atoms with van der Waals surface area (Å²) in [6.45, 7) is 0.775. The Hall–Kier alpha value is -2.67. The van der Waals surface area contributed by atoms with Crippen LogP contribution >= 0.6 is 11.8 Å². The van der Waals surface area contributed by atoms with Crippen LogP contribution < -0.4 is 15.2 Å². The lowest BCUT2D eigenvalue weighted by Crippen LogP contribution is -2.35. The van der Waals surface area contributed by atoms with Gasteiger partial charge in [-0.2, -0.15) is 0 Å². The molecule has 0 aliphatic rings. The van der Waals surface area contributed by atoms with Crippen molar-refractivity contribution in [1.82, 2.24) is 10.6 Å². The number of nitrogens with one attached hydrogen (secondary N) is 2. The second-order valence-electron chi connectivity index (χ2n) is 5.90. The van der Waals surface area contributed by atoms with E-state index in [0.717, 1.165) is 31.1 Å². The van der Waals surface area contributed by atoms with Gasteiger partial charge >= 0.3 is 0 Å². The Morgan fingerprint density at radius 3 is 2.48 bits per heavy atom. The Morgan fingerprint density at radius 2 is 1.74 bits per heavy atom. The number of carbonyl (C=O) groups is 3. The number of thioether (sulfide) groups is 1. The highest BCUT2D eigenvalue weighted by atomic mass is 32.2. The third-order valence-corrected chi connectivity index (χ3v) is 4.88. The van der Waals surface area contributed by atoms with Crippen molar-refractivity contribution in [2.75, 3.05) is 13.6 Å². The Labute approximate surface area is 163 Å². The maximum absolute atomic E-state index is 12.3. The van der Waals surface area contributed by atoms with Crippen molar-refractivity contribution in [2.24, 2.45) is 0 Å². The number of rotatable bonds is 9. The summed E-state index contributed by atoms with van der Waals surface area (Å²) in [6.07, 6.45) is 6.16. The fourth-order valence-electron chi connectivity index (χ4n) is 2.41. The number of nitrogens with zero attached hydrogens (tertiary/aromatic N) is 1. The van der Waals surface area contributed by atoms with E-state index in [9.17, 15) is 14.4 Å².